The van der Waals surface area contributed by atoms with Crippen molar-refractivity contribution in [2.24, 2.45) is 0 Å². The summed E-state index contributed by atoms with van der Waals surface area (Å²) in [6.45, 7) is 3.87. The lowest BCUT2D eigenvalue weighted by Crippen LogP contribution is -2.14. The van der Waals surface area contributed by atoms with Crippen LogP contribution < -0.4 is 15.4 Å². The summed E-state index contributed by atoms with van der Waals surface area (Å²) < 4.78 is 5.69. The molecule has 2 amide bonds. The van der Waals surface area contributed by atoms with E-state index in [1.54, 1.807) is 42.5 Å². The van der Waals surface area contributed by atoms with Gasteiger partial charge in [0.25, 0.3) is 5.91 Å². The molecule has 3 N–H and O–H groups in total. The van der Waals surface area contributed by atoms with Gasteiger partial charge in [-0.05, 0) is 48.7 Å². The predicted octanol–water partition coefficient (Wildman–Crippen LogP) is 3.70. The summed E-state index contributed by atoms with van der Waals surface area (Å²) in [7, 11) is 0. The SMILES string of the molecule is CCCOc1ccc(CCC(=O)O)cc1NC(=O)c1cccc(NC(C)=O)c1. The second-order valence-corrected chi connectivity index (χ2v) is 6.29. The van der Waals surface area contributed by atoms with Gasteiger partial charge in [0.05, 0.1) is 12.3 Å². The Morgan fingerprint density at radius 3 is 2.54 bits per heavy atom. The molecule has 0 bridgehead atoms. The zero-order chi connectivity index (χ0) is 20.5. The lowest BCUT2D eigenvalue weighted by atomic mass is 10.1. The van der Waals surface area contributed by atoms with Gasteiger partial charge >= 0.3 is 5.97 Å². The fraction of sp³-hybridized carbons (Fsp3) is 0.286. The summed E-state index contributed by atoms with van der Waals surface area (Å²) in [4.78, 5) is 34.7. The fourth-order valence-corrected chi connectivity index (χ4v) is 2.56. The summed E-state index contributed by atoms with van der Waals surface area (Å²) in [5.74, 6) is -0.943. The minimum absolute atomic E-state index is 0.00130. The molecule has 148 valence electrons. The quantitative estimate of drug-likeness (QED) is 0.611. The van der Waals surface area contributed by atoms with Crippen molar-refractivity contribution >= 4 is 29.2 Å². The van der Waals surface area contributed by atoms with Crippen LogP contribution in [0.25, 0.3) is 0 Å². The molecule has 7 heteroatoms. The molecular weight excluding hydrogens is 360 g/mol. The monoisotopic (exact) mass is 384 g/mol. The van der Waals surface area contributed by atoms with Crippen LogP contribution >= 0.6 is 0 Å². The number of hydrogen-bond donors (Lipinski definition) is 3. The number of anilines is 2. The van der Waals surface area contributed by atoms with Gasteiger partial charge in [0.2, 0.25) is 5.91 Å². The Labute approximate surface area is 163 Å². The van der Waals surface area contributed by atoms with Crippen LogP contribution in [-0.2, 0) is 16.0 Å². The molecule has 2 rings (SSSR count). The first-order chi connectivity index (χ1) is 13.4. The number of nitrogens with one attached hydrogen (secondary N) is 2. The number of ether oxygens (including phenoxy) is 1. The van der Waals surface area contributed by atoms with Crippen molar-refractivity contribution in [3.63, 3.8) is 0 Å². The first kappa shape index (κ1) is 21.0. The van der Waals surface area contributed by atoms with E-state index in [0.29, 0.717) is 35.7 Å². The predicted molar refractivity (Wildman–Crippen MR) is 107 cm³/mol. The third kappa shape index (κ3) is 6.42. The Morgan fingerprint density at radius 1 is 1.07 bits per heavy atom. The summed E-state index contributed by atoms with van der Waals surface area (Å²) in [6.07, 6.45) is 1.17. The van der Waals surface area contributed by atoms with E-state index in [2.05, 4.69) is 10.6 Å². The highest BCUT2D eigenvalue weighted by molar-refractivity contribution is 6.06. The van der Waals surface area contributed by atoms with Crippen LogP contribution in [-0.4, -0.2) is 29.5 Å². The van der Waals surface area contributed by atoms with Gasteiger partial charge in [-0.1, -0.05) is 19.1 Å². The average Bonchev–Trinajstić information content (AvgIpc) is 2.65. The number of carboxylic acids is 1. The van der Waals surface area contributed by atoms with Gasteiger partial charge in [-0.25, -0.2) is 0 Å². The Hall–Kier alpha value is -3.35. The number of rotatable bonds is 9. The molecular formula is C21H24N2O5. The Kier molecular flexibility index (Phi) is 7.56. The van der Waals surface area contributed by atoms with E-state index in [-0.39, 0.29) is 18.2 Å². The topological polar surface area (TPSA) is 105 Å². The number of carboxylic acid groups (broad SMARTS) is 1. The molecule has 0 aliphatic carbocycles. The van der Waals surface area contributed by atoms with Gasteiger partial charge in [-0.3, -0.25) is 14.4 Å². The van der Waals surface area contributed by atoms with Crippen molar-refractivity contribution in [1.29, 1.82) is 0 Å². The molecule has 0 fully saturated rings. The maximum atomic E-state index is 12.7. The number of amides is 2. The lowest BCUT2D eigenvalue weighted by Gasteiger charge is -2.14. The number of aryl methyl sites for hydroxylation is 1. The molecule has 0 aliphatic heterocycles. The number of carbonyl (C=O) groups excluding carboxylic acids is 2. The molecule has 0 saturated heterocycles. The van der Waals surface area contributed by atoms with Gasteiger partial charge in [0.15, 0.2) is 0 Å². The molecule has 0 saturated carbocycles. The summed E-state index contributed by atoms with van der Waals surface area (Å²) in [6, 6.07) is 11.8. The highest BCUT2D eigenvalue weighted by atomic mass is 16.5. The smallest absolute Gasteiger partial charge is 0.303 e. The number of hydrogen-bond acceptors (Lipinski definition) is 4. The molecule has 0 unspecified atom stereocenters. The van der Waals surface area contributed by atoms with E-state index in [9.17, 15) is 14.4 Å². The molecule has 0 aromatic heterocycles. The zero-order valence-corrected chi connectivity index (χ0v) is 16.0. The molecule has 0 atom stereocenters. The minimum Gasteiger partial charge on any atom is -0.491 e. The van der Waals surface area contributed by atoms with Gasteiger partial charge < -0.3 is 20.5 Å². The van der Waals surface area contributed by atoms with Gasteiger partial charge in [-0.2, -0.15) is 0 Å². The van der Waals surface area contributed by atoms with Crippen LogP contribution in [0.3, 0.4) is 0 Å². The molecule has 0 spiro atoms. The maximum Gasteiger partial charge on any atom is 0.303 e. The molecule has 28 heavy (non-hydrogen) atoms. The van der Waals surface area contributed by atoms with Crippen molar-refractivity contribution in [3.05, 3.63) is 53.6 Å². The first-order valence-corrected chi connectivity index (χ1v) is 9.05. The summed E-state index contributed by atoms with van der Waals surface area (Å²) >= 11 is 0. The van der Waals surface area contributed by atoms with Gasteiger partial charge in [0, 0.05) is 24.6 Å². The fourth-order valence-electron chi connectivity index (χ4n) is 2.56. The van der Waals surface area contributed by atoms with Gasteiger partial charge in [-0.15, -0.1) is 0 Å². The maximum absolute atomic E-state index is 12.7. The molecule has 0 radical (unpaired) electrons. The van der Waals surface area contributed by atoms with Crippen molar-refractivity contribution in [1.82, 2.24) is 0 Å². The third-order valence-electron chi connectivity index (χ3n) is 3.83. The Morgan fingerprint density at radius 2 is 1.86 bits per heavy atom. The second-order valence-electron chi connectivity index (χ2n) is 6.29. The van der Waals surface area contributed by atoms with Crippen LogP contribution in [0.4, 0.5) is 11.4 Å². The number of benzene rings is 2. The zero-order valence-electron chi connectivity index (χ0n) is 16.0. The lowest BCUT2D eigenvalue weighted by molar-refractivity contribution is -0.137. The van der Waals surface area contributed by atoms with Crippen LogP contribution in [0.5, 0.6) is 5.75 Å². The largest absolute Gasteiger partial charge is 0.491 e. The van der Waals surface area contributed by atoms with Crippen LogP contribution in [0.2, 0.25) is 0 Å². The Balaban J connectivity index is 2.23. The number of aliphatic carboxylic acids is 1. The third-order valence-corrected chi connectivity index (χ3v) is 3.83. The van der Waals surface area contributed by atoms with Crippen LogP contribution in [0.15, 0.2) is 42.5 Å². The summed E-state index contributed by atoms with van der Waals surface area (Å²) in [5, 5.41) is 14.3. The van der Waals surface area contributed by atoms with E-state index in [1.165, 1.54) is 6.92 Å². The highest BCUT2D eigenvalue weighted by Crippen LogP contribution is 2.27. The molecule has 2 aromatic rings. The second kappa shape index (κ2) is 10.1. The van der Waals surface area contributed by atoms with Crippen molar-refractivity contribution in [2.45, 2.75) is 33.1 Å². The van der Waals surface area contributed by atoms with Crippen LogP contribution in [0.1, 0.15) is 42.6 Å². The van der Waals surface area contributed by atoms with E-state index in [4.69, 9.17) is 9.84 Å². The van der Waals surface area contributed by atoms with Crippen molar-refractivity contribution < 1.29 is 24.2 Å². The normalized spacial score (nSPS) is 10.2. The highest BCUT2D eigenvalue weighted by Gasteiger charge is 2.12. The van der Waals surface area contributed by atoms with Crippen LogP contribution in [0, 0.1) is 0 Å². The van der Waals surface area contributed by atoms with Crippen molar-refractivity contribution in [2.75, 3.05) is 17.2 Å². The summed E-state index contributed by atoms with van der Waals surface area (Å²) in [5.41, 5.74) is 2.17. The minimum atomic E-state index is -0.883. The van der Waals surface area contributed by atoms with E-state index < -0.39 is 5.97 Å². The first-order valence-electron chi connectivity index (χ1n) is 9.05. The molecule has 7 nitrogen and oxygen atoms in total. The average molecular weight is 384 g/mol. The van der Waals surface area contributed by atoms with Crippen molar-refractivity contribution in [3.8, 4) is 5.75 Å². The van der Waals surface area contributed by atoms with E-state index in [0.717, 1.165) is 12.0 Å². The molecule has 0 heterocycles. The van der Waals surface area contributed by atoms with E-state index in [1.807, 2.05) is 6.92 Å². The van der Waals surface area contributed by atoms with E-state index >= 15 is 0 Å². The molecule has 0 aliphatic rings. The molecule has 2 aromatic carbocycles. The number of carbonyl (C=O) groups is 3. The van der Waals surface area contributed by atoms with Gasteiger partial charge in [0.1, 0.15) is 5.75 Å². The Bertz CT molecular complexity index is 864. The standard InChI is InChI=1S/C21H24N2O5/c1-3-11-28-19-9-7-15(8-10-20(25)26)12-18(19)23-21(27)16-5-4-6-17(13-16)22-14(2)24/h4-7,9,12-13H,3,8,10-11H2,1-2H3,(H,22,24)(H,23,27)(H,25,26).